The smallest absolute Gasteiger partial charge is 0.234 e. The fourth-order valence-corrected chi connectivity index (χ4v) is 3.90. The first kappa shape index (κ1) is 22.8. The van der Waals surface area contributed by atoms with Crippen molar-refractivity contribution in [1.82, 2.24) is 14.8 Å². The molecule has 1 aromatic heterocycles. The molecule has 4 rings (SSSR count). The fraction of sp³-hybridized carbons (Fsp3) is 0.125. The molecule has 3 aromatic carbocycles. The minimum Gasteiger partial charge on any atom is -0.486 e. The Balaban J connectivity index is 1.50. The fourth-order valence-electron chi connectivity index (χ4n) is 3.00. The van der Waals surface area contributed by atoms with Crippen LogP contribution in [0.3, 0.4) is 0 Å². The van der Waals surface area contributed by atoms with E-state index in [0.29, 0.717) is 33.0 Å². The molecular formula is C24H20ClFN4O2S. The van der Waals surface area contributed by atoms with Crippen LogP contribution >= 0.6 is 23.4 Å². The number of aryl methyl sites for hydroxylation is 1. The quantitative estimate of drug-likeness (QED) is 0.327. The van der Waals surface area contributed by atoms with Gasteiger partial charge in [-0.05, 0) is 61.0 Å². The Kier molecular flexibility index (Phi) is 7.26. The van der Waals surface area contributed by atoms with Crippen LogP contribution in [0.4, 0.5) is 10.1 Å². The maximum absolute atomic E-state index is 13.7. The maximum Gasteiger partial charge on any atom is 0.234 e. The Labute approximate surface area is 199 Å². The van der Waals surface area contributed by atoms with Gasteiger partial charge in [0.1, 0.15) is 18.2 Å². The van der Waals surface area contributed by atoms with Crippen molar-refractivity contribution in [1.29, 1.82) is 0 Å². The van der Waals surface area contributed by atoms with E-state index in [2.05, 4.69) is 15.5 Å². The van der Waals surface area contributed by atoms with E-state index in [1.165, 1.54) is 17.8 Å². The normalized spacial score (nSPS) is 10.8. The van der Waals surface area contributed by atoms with E-state index in [1.54, 1.807) is 31.2 Å². The molecule has 0 aliphatic heterocycles. The summed E-state index contributed by atoms with van der Waals surface area (Å²) in [6, 6.07) is 21.2. The minimum absolute atomic E-state index is 0.0702. The SMILES string of the molecule is Cc1ccc(NC(=O)CSc2nnc(COc3ccccc3)n2-c2ccc(Cl)cc2)cc1F. The number of aromatic nitrogens is 3. The highest BCUT2D eigenvalue weighted by Gasteiger charge is 2.17. The summed E-state index contributed by atoms with van der Waals surface area (Å²) in [5.41, 5.74) is 1.71. The van der Waals surface area contributed by atoms with Crippen molar-refractivity contribution in [3.05, 3.63) is 95.0 Å². The second kappa shape index (κ2) is 10.5. The Morgan fingerprint density at radius 1 is 1.09 bits per heavy atom. The number of carbonyl (C=O) groups is 1. The van der Waals surface area contributed by atoms with Crippen LogP contribution in [-0.4, -0.2) is 26.4 Å². The molecule has 0 atom stereocenters. The first-order valence-electron chi connectivity index (χ1n) is 10.1. The predicted molar refractivity (Wildman–Crippen MR) is 128 cm³/mol. The molecule has 0 aliphatic carbocycles. The van der Waals surface area contributed by atoms with E-state index in [1.807, 2.05) is 47.0 Å². The van der Waals surface area contributed by atoms with Gasteiger partial charge in [-0.15, -0.1) is 10.2 Å². The second-order valence-corrected chi connectivity index (χ2v) is 8.49. The molecule has 0 unspecified atom stereocenters. The van der Waals surface area contributed by atoms with E-state index in [0.717, 1.165) is 5.69 Å². The number of hydrogen-bond acceptors (Lipinski definition) is 5. The van der Waals surface area contributed by atoms with E-state index < -0.39 is 0 Å². The van der Waals surface area contributed by atoms with E-state index in [9.17, 15) is 9.18 Å². The van der Waals surface area contributed by atoms with Crippen LogP contribution in [-0.2, 0) is 11.4 Å². The lowest BCUT2D eigenvalue weighted by Crippen LogP contribution is -2.15. The van der Waals surface area contributed by atoms with E-state index in [4.69, 9.17) is 16.3 Å². The molecule has 0 spiro atoms. The van der Waals surface area contributed by atoms with Crippen molar-refractivity contribution in [3.8, 4) is 11.4 Å². The molecule has 1 N–H and O–H groups in total. The van der Waals surface area contributed by atoms with Crippen LogP contribution in [0.1, 0.15) is 11.4 Å². The molecule has 168 valence electrons. The highest BCUT2D eigenvalue weighted by molar-refractivity contribution is 7.99. The number of thioether (sulfide) groups is 1. The van der Waals surface area contributed by atoms with Crippen LogP contribution in [0.15, 0.2) is 78.0 Å². The summed E-state index contributed by atoms with van der Waals surface area (Å²) in [7, 11) is 0. The zero-order valence-corrected chi connectivity index (χ0v) is 19.2. The summed E-state index contributed by atoms with van der Waals surface area (Å²) in [6.07, 6.45) is 0. The highest BCUT2D eigenvalue weighted by Crippen LogP contribution is 2.25. The third kappa shape index (κ3) is 5.91. The molecule has 0 saturated carbocycles. The number of halogens is 2. The third-order valence-corrected chi connectivity index (χ3v) is 5.87. The van der Waals surface area contributed by atoms with E-state index in [-0.39, 0.29) is 24.1 Å². The standard InChI is InChI=1S/C24H20ClFN4O2S/c1-16-7-10-18(13-21(16)26)27-23(31)15-33-24-29-28-22(14-32-20-5-3-2-4-6-20)30(24)19-11-8-17(25)9-12-19/h2-13H,14-15H2,1H3,(H,27,31). The van der Waals surface area contributed by atoms with Crippen LogP contribution in [0, 0.1) is 12.7 Å². The first-order chi connectivity index (χ1) is 16.0. The van der Waals surface area contributed by atoms with Crippen molar-refractivity contribution in [2.45, 2.75) is 18.7 Å². The topological polar surface area (TPSA) is 69.0 Å². The number of nitrogens with one attached hydrogen (secondary N) is 1. The Bertz CT molecular complexity index is 1250. The summed E-state index contributed by atoms with van der Waals surface area (Å²) < 4.78 is 21.4. The molecule has 4 aromatic rings. The van der Waals surface area contributed by atoms with Gasteiger partial charge >= 0.3 is 0 Å². The lowest BCUT2D eigenvalue weighted by atomic mass is 10.2. The van der Waals surface area contributed by atoms with Gasteiger partial charge in [-0.25, -0.2) is 4.39 Å². The molecule has 33 heavy (non-hydrogen) atoms. The minimum atomic E-state index is -0.369. The van der Waals surface area contributed by atoms with Gasteiger partial charge in [0.25, 0.3) is 0 Å². The van der Waals surface area contributed by atoms with Crippen molar-refractivity contribution in [2.24, 2.45) is 0 Å². The number of ether oxygens (including phenoxy) is 1. The Morgan fingerprint density at radius 2 is 1.85 bits per heavy atom. The van der Waals surface area contributed by atoms with Crippen LogP contribution in [0.2, 0.25) is 5.02 Å². The summed E-state index contributed by atoms with van der Waals surface area (Å²) in [6.45, 7) is 1.86. The molecule has 1 amide bonds. The molecule has 1 heterocycles. The first-order valence-corrected chi connectivity index (χ1v) is 11.4. The summed E-state index contributed by atoms with van der Waals surface area (Å²) in [4.78, 5) is 12.4. The average Bonchev–Trinajstić information content (AvgIpc) is 3.23. The largest absolute Gasteiger partial charge is 0.486 e. The number of rotatable bonds is 8. The van der Waals surface area contributed by atoms with E-state index >= 15 is 0 Å². The van der Waals surface area contributed by atoms with Gasteiger partial charge in [-0.3, -0.25) is 9.36 Å². The third-order valence-electron chi connectivity index (χ3n) is 4.68. The van der Waals surface area contributed by atoms with Gasteiger partial charge in [0, 0.05) is 16.4 Å². The lowest BCUT2D eigenvalue weighted by molar-refractivity contribution is -0.113. The zero-order chi connectivity index (χ0) is 23.2. The number of amides is 1. The monoisotopic (exact) mass is 482 g/mol. The predicted octanol–water partition coefficient (Wildman–Crippen LogP) is 5.68. The lowest BCUT2D eigenvalue weighted by Gasteiger charge is -2.11. The number of hydrogen-bond donors (Lipinski definition) is 1. The maximum atomic E-state index is 13.7. The molecule has 9 heteroatoms. The number of para-hydroxylation sites is 1. The molecular weight excluding hydrogens is 463 g/mol. The highest BCUT2D eigenvalue weighted by atomic mass is 35.5. The Morgan fingerprint density at radius 3 is 2.58 bits per heavy atom. The zero-order valence-electron chi connectivity index (χ0n) is 17.7. The van der Waals surface area contributed by atoms with Gasteiger partial charge in [0.05, 0.1) is 5.75 Å². The number of carbonyl (C=O) groups excluding carboxylic acids is 1. The van der Waals surface area contributed by atoms with Crippen molar-refractivity contribution in [2.75, 3.05) is 11.1 Å². The summed E-state index contributed by atoms with van der Waals surface area (Å²) >= 11 is 7.26. The second-order valence-electron chi connectivity index (χ2n) is 7.11. The van der Waals surface area contributed by atoms with Gasteiger partial charge in [0.15, 0.2) is 11.0 Å². The Hall–Kier alpha value is -3.36. The van der Waals surface area contributed by atoms with Gasteiger partial charge < -0.3 is 10.1 Å². The molecule has 0 saturated heterocycles. The van der Waals surface area contributed by atoms with Crippen molar-refractivity contribution in [3.63, 3.8) is 0 Å². The van der Waals surface area contributed by atoms with Crippen LogP contribution in [0.25, 0.3) is 5.69 Å². The van der Waals surface area contributed by atoms with Gasteiger partial charge in [-0.1, -0.05) is 47.6 Å². The molecule has 0 aliphatic rings. The molecule has 0 radical (unpaired) electrons. The van der Waals surface area contributed by atoms with Crippen LogP contribution in [0.5, 0.6) is 5.75 Å². The average molecular weight is 483 g/mol. The molecule has 0 fully saturated rings. The van der Waals surface area contributed by atoms with Crippen molar-refractivity contribution < 1.29 is 13.9 Å². The number of nitrogens with zero attached hydrogens (tertiary/aromatic N) is 3. The summed E-state index contributed by atoms with van der Waals surface area (Å²) in [5, 5.41) is 12.3. The number of anilines is 1. The molecule has 6 nitrogen and oxygen atoms in total. The summed E-state index contributed by atoms with van der Waals surface area (Å²) in [5.74, 6) is 0.703. The molecule has 0 bridgehead atoms. The van der Waals surface area contributed by atoms with Gasteiger partial charge in [0.2, 0.25) is 5.91 Å². The van der Waals surface area contributed by atoms with Gasteiger partial charge in [-0.2, -0.15) is 0 Å². The van der Waals surface area contributed by atoms with Crippen molar-refractivity contribution >= 4 is 35.0 Å². The number of benzene rings is 3. The van der Waals surface area contributed by atoms with Crippen LogP contribution < -0.4 is 10.1 Å².